The van der Waals surface area contributed by atoms with Gasteiger partial charge in [0, 0.05) is 19.3 Å². The standard InChI is InChI=1S/C62H111O11P/c1-4-7-10-13-16-19-22-25-27-29-31-34-37-40-43-46-49-52-61(65)72-58(54-63)56-70-74(67,68)71-57-59(55-69-60(64)51-48-45-42-39-36-33-24-21-18-15-12-9-6-3)73-62(66)53-50-47-44-41-38-35-32-30-28-26-23-20-17-14-11-8-5-2/h16-17,19-21,24-28,58-59,63H,4-15,18,22-23,29-57H2,1-3H3,(H,67,68)/b19-16-,20-17-,24-21-,27-25-,28-26-. The van der Waals surface area contributed by atoms with Gasteiger partial charge in [0.05, 0.1) is 19.8 Å². The lowest BCUT2D eigenvalue weighted by Gasteiger charge is -2.21. The molecule has 74 heavy (non-hydrogen) atoms. The van der Waals surface area contributed by atoms with Crippen molar-refractivity contribution in [1.29, 1.82) is 0 Å². The molecule has 0 aromatic carbocycles. The van der Waals surface area contributed by atoms with E-state index in [0.29, 0.717) is 19.3 Å². The summed E-state index contributed by atoms with van der Waals surface area (Å²) < 4.78 is 39.6. The molecule has 0 saturated carbocycles. The number of carbonyl (C=O) groups excluding carboxylic acids is 3. The molecule has 2 N–H and O–H groups in total. The van der Waals surface area contributed by atoms with Crippen LogP contribution in [-0.4, -0.2) is 66.5 Å². The average Bonchev–Trinajstić information content (AvgIpc) is 3.39. The summed E-state index contributed by atoms with van der Waals surface area (Å²) in [6.07, 6.45) is 61.6. The maximum absolute atomic E-state index is 12.9. The molecule has 0 aromatic heterocycles. The minimum Gasteiger partial charge on any atom is -0.462 e. The summed E-state index contributed by atoms with van der Waals surface area (Å²) in [5.41, 5.74) is 0. The van der Waals surface area contributed by atoms with Crippen molar-refractivity contribution in [3.05, 3.63) is 60.8 Å². The lowest BCUT2D eigenvalue weighted by atomic mass is 10.1. The van der Waals surface area contributed by atoms with Gasteiger partial charge in [0.2, 0.25) is 0 Å². The summed E-state index contributed by atoms with van der Waals surface area (Å²) in [6.45, 7) is 4.58. The number of phosphoric acid groups is 1. The largest absolute Gasteiger partial charge is 0.472 e. The Hall–Kier alpha value is -2.82. The van der Waals surface area contributed by atoms with Crippen molar-refractivity contribution in [3.63, 3.8) is 0 Å². The van der Waals surface area contributed by atoms with Gasteiger partial charge in [-0.2, -0.15) is 0 Å². The van der Waals surface area contributed by atoms with Gasteiger partial charge < -0.3 is 24.2 Å². The molecule has 12 heteroatoms. The van der Waals surface area contributed by atoms with Crippen LogP contribution in [0.2, 0.25) is 0 Å². The number of aliphatic hydroxyl groups is 1. The Balaban J connectivity index is 4.70. The number of unbranched alkanes of at least 4 members (excludes halogenated alkanes) is 29. The second-order valence-electron chi connectivity index (χ2n) is 20.2. The first kappa shape index (κ1) is 71.2. The number of ether oxygens (including phenoxy) is 3. The summed E-state index contributed by atoms with van der Waals surface area (Å²) >= 11 is 0. The summed E-state index contributed by atoms with van der Waals surface area (Å²) in [7, 11) is -4.75. The molecule has 0 spiro atoms. The molecule has 0 aliphatic rings. The number of carbonyl (C=O) groups is 3. The monoisotopic (exact) mass is 1060 g/mol. The van der Waals surface area contributed by atoms with Crippen molar-refractivity contribution >= 4 is 25.7 Å². The van der Waals surface area contributed by atoms with Crippen LogP contribution in [0.15, 0.2) is 60.8 Å². The summed E-state index contributed by atoms with van der Waals surface area (Å²) in [4.78, 5) is 48.6. The number of esters is 3. The van der Waals surface area contributed by atoms with Crippen LogP contribution in [0, 0.1) is 0 Å². The lowest BCUT2D eigenvalue weighted by Crippen LogP contribution is -2.30. The van der Waals surface area contributed by atoms with E-state index in [-0.39, 0.29) is 25.9 Å². The third-order valence-corrected chi connectivity index (χ3v) is 13.8. The van der Waals surface area contributed by atoms with Gasteiger partial charge in [0.25, 0.3) is 0 Å². The van der Waals surface area contributed by atoms with Crippen LogP contribution in [0.1, 0.15) is 278 Å². The lowest BCUT2D eigenvalue weighted by molar-refractivity contribution is -0.161. The molecule has 0 heterocycles. The van der Waals surface area contributed by atoms with Crippen LogP contribution in [-0.2, 0) is 42.2 Å². The van der Waals surface area contributed by atoms with Crippen LogP contribution >= 0.6 is 7.82 Å². The van der Waals surface area contributed by atoms with Gasteiger partial charge in [0.1, 0.15) is 12.7 Å². The molecule has 0 bridgehead atoms. The van der Waals surface area contributed by atoms with Crippen LogP contribution in [0.4, 0.5) is 0 Å². The van der Waals surface area contributed by atoms with Crippen LogP contribution < -0.4 is 0 Å². The number of allylic oxidation sites excluding steroid dienone is 10. The van der Waals surface area contributed by atoms with Gasteiger partial charge in [-0.1, -0.05) is 210 Å². The molecule has 0 fully saturated rings. The van der Waals surface area contributed by atoms with Gasteiger partial charge >= 0.3 is 25.7 Å². The minimum absolute atomic E-state index is 0.157. The maximum atomic E-state index is 12.9. The fraction of sp³-hybridized carbons (Fsp3) is 0.790. The van der Waals surface area contributed by atoms with Crippen LogP contribution in [0.25, 0.3) is 0 Å². The highest BCUT2D eigenvalue weighted by Gasteiger charge is 2.28. The van der Waals surface area contributed by atoms with Gasteiger partial charge in [-0.25, -0.2) is 4.57 Å². The van der Waals surface area contributed by atoms with Crippen molar-refractivity contribution < 1.29 is 52.2 Å². The van der Waals surface area contributed by atoms with E-state index in [9.17, 15) is 28.9 Å². The van der Waals surface area contributed by atoms with E-state index in [2.05, 4.69) is 81.5 Å². The molecule has 0 saturated heterocycles. The molecule has 0 rings (SSSR count). The van der Waals surface area contributed by atoms with Gasteiger partial charge in [-0.3, -0.25) is 23.4 Å². The third-order valence-electron chi connectivity index (χ3n) is 12.9. The molecule has 0 amide bonds. The van der Waals surface area contributed by atoms with E-state index in [1.807, 2.05) is 0 Å². The van der Waals surface area contributed by atoms with E-state index < -0.39 is 57.8 Å². The van der Waals surface area contributed by atoms with Crippen molar-refractivity contribution in [2.45, 2.75) is 290 Å². The van der Waals surface area contributed by atoms with E-state index >= 15 is 0 Å². The fourth-order valence-corrected chi connectivity index (χ4v) is 9.02. The molecule has 11 nitrogen and oxygen atoms in total. The smallest absolute Gasteiger partial charge is 0.462 e. The molecule has 3 atom stereocenters. The summed E-state index contributed by atoms with van der Waals surface area (Å²) in [5, 5.41) is 9.83. The predicted molar refractivity (Wildman–Crippen MR) is 307 cm³/mol. The highest BCUT2D eigenvalue weighted by Crippen LogP contribution is 2.43. The van der Waals surface area contributed by atoms with Crippen molar-refractivity contribution in [2.75, 3.05) is 26.4 Å². The zero-order valence-corrected chi connectivity index (χ0v) is 48.5. The number of hydrogen-bond acceptors (Lipinski definition) is 10. The molecular weight excluding hydrogens is 952 g/mol. The van der Waals surface area contributed by atoms with E-state index in [1.165, 1.54) is 103 Å². The van der Waals surface area contributed by atoms with Gasteiger partial charge in [0.15, 0.2) is 6.10 Å². The van der Waals surface area contributed by atoms with Crippen molar-refractivity contribution in [3.8, 4) is 0 Å². The number of phosphoric ester groups is 1. The van der Waals surface area contributed by atoms with E-state index in [0.717, 1.165) is 116 Å². The predicted octanol–water partition coefficient (Wildman–Crippen LogP) is 17.9. The molecule has 0 aliphatic heterocycles. The quantitative estimate of drug-likeness (QED) is 0.0197. The number of aliphatic hydroxyl groups excluding tert-OH is 1. The van der Waals surface area contributed by atoms with Crippen LogP contribution in [0.3, 0.4) is 0 Å². The molecular formula is C62H111O11P. The zero-order chi connectivity index (χ0) is 54.1. The van der Waals surface area contributed by atoms with Crippen molar-refractivity contribution in [1.82, 2.24) is 0 Å². The molecule has 0 aliphatic carbocycles. The first-order valence-electron chi connectivity index (χ1n) is 30.2. The number of hydrogen-bond donors (Lipinski definition) is 2. The Morgan fingerprint density at radius 1 is 0.378 bits per heavy atom. The summed E-state index contributed by atoms with van der Waals surface area (Å²) in [5.74, 6) is -1.48. The Morgan fingerprint density at radius 3 is 1.04 bits per heavy atom. The summed E-state index contributed by atoms with van der Waals surface area (Å²) in [6, 6.07) is 0. The van der Waals surface area contributed by atoms with E-state index in [4.69, 9.17) is 23.3 Å². The minimum atomic E-state index is -4.75. The molecule has 0 aromatic rings. The Morgan fingerprint density at radius 2 is 0.662 bits per heavy atom. The van der Waals surface area contributed by atoms with E-state index in [1.54, 1.807) is 0 Å². The normalized spacial score (nSPS) is 13.7. The average molecular weight is 1060 g/mol. The Labute approximate surface area is 453 Å². The fourth-order valence-electron chi connectivity index (χ4n) is 8.23. The third kappa shape index (κ3) is 54.0. The first-order valence-corrected chi connectivity index (χ1v) is 31.7. The second-order valence-corrected chi connectivity index (χ2v) is 21.6. The van der Waals surface area contributed by atoms with Crippen LogP contribution in [0.5, 0.6) is 0 Å². The molecule has 430 valence electrons. The van der Waals surface area contributed by atoms with Gasteiger partial charge in [-0.15, -0.1) is 0 Å². The van der Waals surface area contributed by atoms with Gasteiger partial charge in [-0.05, 0) is 109 Å². The first-order chi connectivity index (χ1) is 36.2. The number of rotatable bonds is 56. The highest BCUT2D eigenvalue weighted by molar-refractivity contribution is 7.47. The second kappa shape index (κ2) is 56.4. The SMILES string of the molecule is CCCCC/C=C\C/C=C\CCCCCCCCCC(=O)OC(CO)COP(=O)(O)OCC(COC(=O)CCCCCCC/C=C\CCCCCC)OC(=O)CCCCCCCCC/C=C\C/C=C\CCCCC. The highest BCUT2D eigenvalue weighted by atomic mass is 31.2. The Bertz CT molecular complexity index is 1470. The Kier molecular flexibility index (Phi) is 54.2. The molecule has 0 radical (unpaired) electrons. The zero-order valence-electron chi connectivity index (χ0n) is 47.6. The maximum Gasteiger partial charge on any atom is 0.472 e. The topological polar surface area (TPSA) is 155 Å². The molecule has 3 unspecified atom stereocenters. The van der Waals surface area contributed by atoms with Crippen molar-refractivity contribution in [2.24, 2.45) is 0 Å².